The molecular weight excluding hydrogens is 290 g/mol. The van der Waals surface area contributed by atoms with E-state index in [1.54, 1.807) is 7.11 Å². The second-order valence-electron chi connectivity index (χ2n) is 7.14. The van der Waals surface area contributed by atoms with Gasteiger partial charge in [0.25, 0.3) is 0 Å². The number of likely N-dealkylation sites (tertiary alicyclic amines) is 1. The predicted molar refractivity (Wildman–Crippen MR) is 93.6 cm³/mol. The standard InChI is InChI=1S/C18H35N3O2/c1-4-19-11-13-21(14-12-19)18(22)6-5-17-7-9-20(10-8-17)16(2)15-23-3/h16-17H,4-15H2,1-3H3. The maximum atomic E-state index is 12.4. The molecule has 1 unspecified atom stereocenters. The number of piperazine rings is 1. The van der Waals surface area contributed by atoms with E-state index in [0.717, 1.165) is 71.2 Å². The first kappa shape index (κ1) is 18.7. The van der Waals surface area contributed by atoms with Gasteiger partial charge >= 0.3 is 0 Å². The minimum atomic E-state index is 0.371. The van der Waals surface area contributed by atoms with Crippen molar-refractivity contribution in [2.45, 2.75) is 45.6 Å². The lowest BCUT2D eigenvalue weighted by atomic mass is 9.91. The summed E-state index contributed by atoms with van der Waals surface area (Å²) in [5.74, 6) is 1.10. The zero-order chi connectivity index (χ0) is 16.7. The molecule has 2 saturated heterocycles. The average molecular weight is 325 g/mol. The predicted octanol–water partition coefficient (Wildman–Crippen LogP) is 1.68. The summed E-state index contributed by atoms with van der Waals surface area (Å²) < 4.78 is 5.25. The molecule has 23 heavy (non-hydrogen) atoms. The quantitative estimate of drug-likeness (QED) is 0.713. The lowest BCUT2D eigenvalue weighted by Crippen LogP contribution is -2.48. The Kier molecular flexibility index (Phi) is 7.80. The molecule has 0 aromatic heterocycles. The van der Waals surface area contributed by atoms with Crippen molar-refractivity contribution >= 4 is 5.91 Å². The van der Waals surface area contributed by atoms with Gasteiger partial charge in [0.05, 0.1) is 6.61 Å². The molecule has 0 bridgehead atoms. The third kappa shape index (κ3) is 5.73. The maximum Gasteiger partial charge on any atom is 0.222 e. The minimum Gasteiger partial charge on any atom is -0.383 e. The van der Waals surface area contributed by atoms with Gasteiger partial charge in [-0.1, -0.05) is 6.92 Å². The fourth-order valence-corrected chi connectivity index (χ4v) is 3.83. The lowest BCUT2D eigenvalue weighted by Gasteiger charge is -2.36. The SMILES string of the molecule is CCN1CCN(C(=O)CCC2CCN(C(C)COC)CC2)CC1. The Balaban J connectivity index is 1.62. The largest absolute Gasteiger partial charge is 0.383 e. The third-order valence-electron chi connectivity index (χ3n) is 5.62. The maximum absolute atomic E-state index is 12.4. The molecule has 0 aromatic rings. The summed E-state index contributed by atoms with van der Waals surface area (Å²) in [4.78, 5) is 19.4. The highest BCUT2D eigenvalue weighted by Crippen LogP contribution is 2.23. The van der Waals surface area contributed by atoms with E-state index >= 15 is 0 Å². The molecule has 2 fully saturated rings. The van der Waals surface area contributed by atoms with Crippen molar-refractivity contribution in [3.05, 3.63) is 0 Å². The summed E-state index contributed by atoms with van der Waals surface area (Å²) in [6, 6.07) is 0.512. The van der Waals surface area contributed by atoms with Crippen molar-refractivity contribution < 1.29 is 9.53 Å². The summed E-state index contributed by atoms with van der Waals surface area (Å²) in [7, 11) is 1.77. The number of piperidine rings is 1. The van der Waals surface area contributed by atoms with Gasteiger partial charge in [0, 0.05) is 45.8 Å². The Morgan fingerprint density at radius 2 is 1.78 bits per heavy atom. The van der Waals surface area contributed by atoms with Crippen LogP contribution in [-0.2, 0) is 9.53 Å². The summed E-state index contributed by atoms with van der Waals surface area (Å²) in [6.07, 6.45) is 4.26. The first-order chi connectivity index (χ1) is 11.1. The van der Waals surface area contributed by atoms with Crippen LogP contribution in [0, 0.1) is 5.92 Å². The fraction of sp³-hybridized carbons (Fsp3) is 0.944. The van der Waals surface area contributed by atoms with Crippen LogP contribution in [0.3, 0.4) is 0 Å². The molecule has 0 aliphatic carbocycles. The summed E-state index contributed by atoms with van der Waals surface area (Å²) >= 11 is 0. The van der Waals surface area contributed by atoms with Gasteiger partial charge in [-0.25, -0.2) is 0 Å². The van der Waals surface area contributed by atoms with E-state index in [0.29, 0.717) is 11.9 Å². The molecule has 2 heterocycles. The number of amides is 1. The minimum absolute atomic E-state index is 0.371. The molecule has 5 nitrogen and oxygen atoms in total. The van der Waals surface area contributed by atoms with Gasteiger partial charge in [0.15, 0.2) is 0 Å². The van der Waals surface area contributed by atoms with Crippen molar-refractivity contribution in [1.82, 2.24) is 14.7 Å². The highest BCUT2D eigenvalue weighted by atomic mass is 16.5. The zero-order valence-electron chi connectivity index (χ0n) is 15.3. The molecule has 2 aliphatic rings. The van der Waals surface area contributed by atoms with Crippen molar-refractivity contribution in [2.24, 2.45) is 5.92 Å². The fourth-order valence-electron chi connectivity index (χ4n) is 3.83. The van der Waals surface area contributed by atoms with E-state index in [9.17, 15) is 4.79 Å². The molecule has 0 N–H and O–H groups in total. The Morgan fingerprint density at radius 1 is 1.13 bits per heavy atom. The first-order valence-electron chi connectivity index (χ1n) is 9.37. The van der Waals surface area contributed by atoms with Crippen LogP contribution in [0.15, 0.2) is 0 Å². The number of likely N-dealkylation sites (N-methyl/N-ethyl adjacent to an activating group) is 1. The lowest BCUT2D eigenvalue weighted by molar-refractivity contribution is -0.133. The summed E-state index contributed by atoms with van der Waals surface area (Å²) in [5, 5.41) is 0. The van der Waals surface area contributed by atoms with Crippen LogP contribution in [0.2, 0.25) is 0 Å². The van der Waals surface area contributed by atoms with Gasteiger partial charge < -0.3 is 14.5 Å². The van der Waals surface area contributed by atoms with Crippen molar-refractivity contribution in [1.29, 1.82) is 0 Å². The molecule has 0 aromatic carbocycles. The zero-order valence-corrected chi connectivity index (χ0v) is 15.3. The number of methoxy groups -OCH3 is 1. The van der Waals surface area contributed by atoms with Crippen molar-refractivity contribution in [2.75, 3.05) is 59.5 Å². The smallest absolute Gasteiger partial charge is 0.222 e. The monoisotopic (exact) mass is 325 g/mol. The van der Waals surface area contributed by atoms with E-state index in [4.69, 9.17) is 4.74 Å². The molecule has 5 heteroatoms. The van der Waals surface area contributed by atoms with E-state index in [2.05, 4.69) is 28.5 Å². The van der Waals surface area contributed by atoms with Crippen LogP contribution in [0.1, 0.15) is 39.5 Å². The Hall–Kier alpha value is -0.650. The van der Waals surface area contributed by atoms with Gasteiger partial charge in [-0.3, -0.25) is 9.69 Å². The topological polar surface area (TPSA) is 36.0 Å². The molecule has 0 radical (unpaired) electrons. The van der Waals surface area contributed by atoms with Crippen LogP contribution >= 0.6 is 0 Å². The third-order valence-corrected chi connectivity index (χ3v) is 5.62. The van der Waals surface area contributed by atoms with Crippen LogP contribution < -0.4 is 0 Å². The number of hydrogen-bond acceptors (Lipinski definition) is 4. The molecule has 0 spiro atoms. The molecule has 2 rings (SSSR count). The highest BCUT2D eigenvalue weighted by molar-refractivity contribution is 5.76. The number of rotatable bonds is 7. The van der Waals surface area contributed by atoms with Crippen molar-refractivity contribution in [3.8, 4) is 0 Å². The Bertz CT molecular complexity index is 348. The Morgan fingerprint density at radius 3 is 2.35 bits per heavy atom. The van der Waals surface area contributed by atoms with Gasteiger partial charge in [0.1, 0.15) is 0 Å². The normalized spacial score (nSPS) is 23.2. The molecule has 1 amide bonds. The van der Waals surface area contributed by atoms with Crippen LogP contribution in [0.4, 0.5) is 0 Å². The van der Waals surface area contributed by atoms with Crippen LogP contribution in [0.5, 0.6) is 0 Å². The molecule has 0 saturated carbocycles. The van der Waals surface area contributed by atoms with Gasteiger partial charge in [0.2, 0.25) is 5.91 Å². The molecule has 134 valence electrons. The van der Waals surface area contributed by atoms with Crippen LogP contribution in [0.25, 0.3) is 0 Å². The van der Waals surface area contributed by atoms with E-state index < -0.39 is 0 Å². The highest BCUT2D eigenvalue weighted by Gasteiger charge is 2.25. The summed E-state index contributed by atoms with van der Waals surface area (Å²) in [5.41, 5.74) is 0. The number of nitrogens with zero attached hydrogens (tertiary/aromatic N) is 3. The van der Waals surface area contributed by atoms with Gasteiger partial charge in [-0.2, -0.15) is 0 Å². The van der Waals surface area contributed by atoms with Gasteiger partial charge in [-0.15, -0.1) is 0 Å². The Labute approximate surface area is 141 Å². The molecular formula is C18H35N3O2. The average Bonchev–Trinajstić information content (AvgIpc) is 2.60. The van der Waals surface area contributed by atoms with Gasteiger partial charge in [-0.05, 0) is 51.7 Å². The first-order valence-corrected chi connectivity index (χ1v) is 9.37. The second-order valence-corrected chi connectivity index (χ2v) is 7.14. The summed E-state index contributed by atoms with van der Waals surface area (Å²) in [6.45, 7) is 12.6. The number of hydrogen-bond donors (Lipinski definition) is 0. The van der Waals surface area contributed by atoms with E-state index in [1.807, 2.05) is 0 Å². The van der Waals surface area contributed by atoms with E-state index in [1.165, 1.54) is 12.8 Å². The second kappa shape index (κ2) is 9.60. The number of ether oxygens (including phenoxy) is 1. The molecule has 1 atom stereocenters. The number of carbonyl (C=O) groups excluding carboxylic acids is 1. The van der Waals surface area contributed by atoms with Crippen molar-refractivity contribution in [3.63, 3.8) is 0 Å². The molecule has 2 aliphatic heterocycles. The van der Waals surface area contributed by atoms with Crippen LogP contribution in [-0.4, -0.2) is 86.2 Å². The number of carbonyl (C=O) groups is 1. The van der Waals surface area contributed by atoms with E-state index in [-0.39, 0.29) is 0 Å².